The minimum absolute atomic E-state index is 0.0330. The van der Waals surface area contributed by atoms with Gasteiger partial charge in [-0.15, -0.1) is 0 Å². The van der Waals surface area contributed by atoms with E-state index in [9.17, 15) is 0 Å². The predicted molar refractivity (Wildman–Crippen MR) is 93.2 cm³/mol. The molecule has 0 spiro atoms. The molecule has 2 aliphatic rings. The Kier molecular flexibility index (Phi) is 9.57. The molecule has 142 valence electrons. The quantitative estimate of drug-likeness (QED) is 0.377. The molecule has 0 aromatic rings. The van der Waals surface area contributed by atoms with Crippen molar-refractivity contribution in [1.82, 2.24) is 0 Å². The monoisotopic (exact) mass is 344 g/mol. The highest BCUT2D eigenvalue weighted by Gasteiger charge is 2.51. The Balaban J connectivity index is 1.92. The van der Waals surface area contributed by atoms with Crippen molar-refractivity contribution in [2.45, 2.75) is 96.4 Å². The molecule has 0 bridgehead atoms. The summed E-state index contributed by atoms with van der Waals surface area (Å²) in [6.07, 6.45) is 7.40. The van der Waals surface area contributed by atoms with Gasteiger partial charge < -0.3 is 23.7 Å². The lowest BCUT2D eigenvalue weighted by atomic mass is 10.0. The van der Waals surface area contributed by atoms with Crippen LogP contribution in [0.5, 0.6) is 0 Å². The number of epoxide rings is 1. The normalized spacial score (nSPS) is 32.4. The first-order chi connectivity index (χ1) is 11.8. The molecule has 24 heavy (non-hydrogen) atoms. The number of unbranched alkanes of at least 4 members (excludes halogenated alkanes) is 3. The number of hydrogen-bond donors (Lipinski definition) is 0. The van der Waals surface area contributed by atoms with Crippen LogP contribution in [0.25, 0.3) is 0 Å². The third-order valence-corrected chi connectivity index (χ3v) is 4.60. The molecule has 0 radical (unpaired) electrons. The molecule has 2 saturated heterocycles. The summed E-state index contributed by atoms with van der Waals surface area (Å²) in [5, 5.41) is 0. The van der Waals surface area contributed by atoms with Gasteiger partial charge in [-0.2, -0.15) is 0 Å². The van der Waals surface area contributed by atoms with E-state index in [1.54, 1.807) is 0 Å². The smallest absolute Gasteiger partial charge is 0.185 e. The van der Waals surface area contributed by atoms with Crippen LogP contribution in [0.2, 0.25) is 0 Å². The van der Waals surface area contributed by atoms with Crippen LogP contribution in [0.15, 0.2) is 0 Å². The van der Waals surface area contributed by atoms with Gasteiger partial charge in [0.25, 0.3) is 0 Å². The van der Waals surface area contributed by atoms with E-state index in [0.717, 1.165) is 64.8 Å². The molecule has 2 fully saturated rings. The van der Waals surface area contributed by atoms with Gasteiger partial charge in [0.15, 0.2) is 6.29 Å². The molecule has 2 heterocycles. The summed E-state index contributed by atoms with van der Waals surface area (Å²) >= 11 is 0. The van der Waals surface area contributed by atoms with Crippen LogP contribution in [0.4, 0.5) is 0 Å². The van der Waals surface area contributed by atoms with Gasteiger partial charge in [0.05, 0.1) is 12.7 Å². The molecule has 5 heteroatoms. The van der Waals surface area contributed by atoms with Crippen LogP contribution in [0, 0.1) is 0 Å². The van der Waals surface area contributed by atoms with Gasteiger partial charge in [0.1, 0.15) is 18.3 Å². The zero-order valence-electron chi connectivity index (χ0n) is 15.7. The van der Waals surface area contributed by atoms with Crippen molar-refractivity contribution in [2.24, 2.45) is 0 Å². The summed E-state index contributed by atoms with van der Waals surface area (Å²) < 4.78 is 29.9. The number of hydrogen-bond acceptors (Lipinski definition) is 5. The number of ether oxygens (including phenoxy) is 5. The van der Waals surface area contributed by atoms with Crippen molar-refractivity contribution in [3.05, 3.63) is 0 Å². The van der Waals surface area contributed by atoms with Crippen molar-refractivity contribution >= 4 is 0 Å². The van der Waals surface area contributed by atoms with Gasteiger partial charge in [-0.3, -0.25) is 0 Å². The van der Waals surface area contributed by atoms with Crippen LogP contribution in [-0.4, -0.2) is 57.1 Å². The molecule has 0 amide bonds. The summed E-state index contributed by atoms with van der Waals surface area (Å²) in [7, 11) is 0. The molecule has 2 aliphatic heterocycles. The molecule has 0 unspecified atom stereocenters. The van der Waals surface area contributed by atoms with Crippen molar-refractivity contribution in [2.75, 3.05) is 26.4 Å². The average Bonchev–Trinajstić information content (AvgIpc) is 3.32. The maximum absolute atomic E-state index is 6.20. The van der Waals surface area contributed by atoms with Crippen molar-refractivity contribution < 1.29 is 23.7 Å². The second-order valence-electron chi connectivity index (χ2n) is 6.83. The molecular formula is C19H36O5. The maximum Gasteiger partial charge on any atom is 0.185 e. The van der Waals surface area contributed by atoms with Crippen molar-refractivity contribution in [3.63, 3.8) is 0 Å². The van der Waals surface area contributed by atoms with Gasteiger partial charge in [0, 0.05) is 26.2 Å². The zero-order chi connectivity index (χ0) is 17.2. The van der Waals surface area contributed by atoms with E-state index in [0.29, 0.717) is 6.61 Å². The van der Waals surface area contributed by atoms with E-state index < -0.39 is 0 Å². The Morgan fingerprint density at radius 3 is 2.21 bits per heavy atom. The fourth-order valence-corrected chi connectivity index (χ4v) is 2.97. The van der Waals surface area contributed by atoms with Crippen LogP contribution in [-0.2, 0) is 23.7 Å². The zero-order valence-corrected chi connectivity index (χ0v) is 15.7. The number of rotatable bonds is 13. The minimum atomic E-state index is -0.108. The first-order valence-electron chi connectivity index (χ1n) is 9.91. The van der Waals surface area contributed by atoms with Gasteiger partial charge >= 0.3 is 0 Å². The molecule has 0 aliphatic carbocycles. The average molecular weight is 344 g/mol. The molecule has 0 saturated carbocycles. The Bertz CT molecular complexity index is 325. The largest absolute Gasteiger partial charge is 0.379 e. The Morgan fingerprint density at radius 1 is 0.833 bits per heavy atom. The van der Waals surface area contributed by atoms with Gasteiger partial charge in [0.2, 0.25) is 0 Å². The molecule has 0 N–H and O–H groups in total. The maximum atomic E-state index is 6.20. The van der Waals surface area contributed by atoms with E-state index in [-0.39, 0.29) is 30.7 Å². The van der Waals surface area contributed by atoms with E-state index in [1.807, 2.05) is 0 Å². The van der Waals surface area contributed by atoms with Gasteiger partial charge in [-0.25, -0.2) is 0 Å². The van der Waals surface area contributed by atoms with Gasteiger partial charge in [-0.1, -0.05) is 40.0 Å². The summed E-state index contributed by atoms with van der Waals surface area (Å²) in [6.45, 7) is 9.37. The fourth-order valence-electron chi connectivity index (χ4n) is 2.97. The Morgan fingerprint density at radius 2 is 1.50 bits per heavy atom. The third kappa shape index (κ3) is 6.60. The highest BCUT2D eigenvalue weighted by atomic mass is 16.8. The molecule has 0 aromatic carbocycles. The van der Waals surface area contributed by atoms with E-state index in [4.69, 9.17) is 23.7 Å². The van der Waals surface area contributed by atoms with Crippen LogP contribution >= 0.6 is 0 Å². The standard InChI is InChI=1S/C19H36O5/c1-4-7-10-20-14-17-18(22-12-9-6-3)15(21-11-8-5-2)13-16-19(23-16)24-17/h15-19H,4-14H2,1-3H3/t15-,16-,17-,18+,19+/m1/s1. The summed E-state index contributed by atoms with van der Waals surface area (Å²) in [5.74, 6) is 0. The second kappa shape index (κ2) is 11.4. The molecular weight excluding hydrogens is 308 g/mol. The van der Waals surface area contributed by atoms with Crippen molar-refractivity contribution in [1.29, 1.82) is 0 Å². The second-order valence-corrected chi connectivity index (χ2v) is 6.83. The van der Waals surface area contributed by atoms with Crippen LogP contribution < -0.4 is 0 Å². The molecule has 5 nitrogen and oxygen atoms in total. The highest BCUT2D eigenvalue weighted by Crippen LogP contribution is 2.36. The summed E-state index contributed by atoms with van der Waals surface area (Å²) in [4.78, 5) is 0. The number of fused-ring (bicyclic) bond motifs is 1. The van der Waals surface area contributed by atoms with E-state index >= 15 is 0 Å². The molecule has 2 rings (SSSR count). The summed E-state index contributed by atoms with van der Waals surface area (Å²) in [6, 6.07) is 0. The van der Waals surface area contributed by atoms with Gasteiger partial charge in [-0.05, 0) is 19.3 Å². The SMILES string of the molecule is CCCCOC[C@H]1O[C@@H]2O[C@@H]2C[C@@H](OCCCC)[C@@H]1OCCCC. The third-order valence-electron chi connectivity index (χ3n) is 4.60. The fraction of sp³-hybridized carbons (Fsp3) is 1.00. The molecule has 5 atom stereocenters. The topological polar surface area (TPSA) is 49.5 Å². The predicted octanol–water partition coefficient (Wildman–Crippen LogP) is 3.69. The first kappa shape index (κ1) is 20.1. The van der Waals surface area contributed by atoms with Crippen molar-refractivity contribution in [3.8, 4) is 0 Å². The van der Waals surface area contributed by atoms with E-state index in [1.165, 1.54) is 0 Å². The molecule has 0 aromatic heterocycles. The van der Waals surface area contributed by atoms with Crippen LogP contribution in [0.1, 0.15) is 65.7 Å². The lowest BCUT2D eigenvalue weighted by molar-refractivity contribution is -0.167. The lowest BCUT2D eigenvalue weighted by Crippen LogP contribution is -2.45. The van der Waals surface area contributed by atoms with Crippen LogP contribution in [0.3, 0.4) is 0 Å². The van der Waals surface area contributed by atoms with E-state index in [2.05, 4.69) is 20.8 Å². The summed E-state index contributed by atoms with van der Waals surface area (Å²) in [5.41, 5.74) is 0. The minimum Gasteiger partial charge on any atom is -0.379 e. The Labute approximate surface area is 147 Å². The lowest BCUT2D eigenvalue weighted by Gasteiger charge is -2.31. The first-order valence-corrected chi connectivity index (χ1v) is 9.91. The Hall–Kier alpha value is -0.200. The highest BCUT2D eigenvalue weighted by molar-refractivity contribution is 4.93.